The van der Waals surface area contributed by atoms with Crippen LogP contribution in [0.15, 0.2) is 158 Å². The number of benzene rings is 5. The predicted octanol–water partition coefficient (Wildman–Crippen LogP) is 4.83. The van der Waals surface area contributed by atoms with E-state index in [1.165, 1.54) is 20.7 Å². The maximum Gasteiger partial charge on any atom is 0.179 e. The zero-order valence-corrected chi connectivity index (χ0v) is 22.0. The molecule has 0 spiro atoms. The van der Waals surface area contributed by atoms with Gasteiger partial charge in [-0.25, -0.2) is 4.68 Å². The van der Waals surface area contributed by atoms with Crippen LogP contribution in [0.3, 0.4) is 0 Å². The monoisotopic (exact) mass is 508 g/mol. The van der Waals surface area contributed by atoms with Crippen molar-refractivity contribution in [2.24, 2.45) is 0 Å². The van der Waals surface area contributed by atoms with Gasteiger partial charge in [0.05, 0.1) is 5.69 Å². The van der Waals surface area contributed by atoms with Gasteiger partial charge in [-0.05, 0) is 56.6 Å². The van der Waals surface area contributed by atoms with Crippen molar-refractivity contribution in [2.45, 2.75) is 6.61 Å². The lowest BCUT2D eigenvalue weighted by atomic mass is 10.2. The van der Waals surface area contributed by atoms with Crippen LogP contribution < -0.4 is 25.5 Å². The van der Waals surface area contributed by atoms with Crippen molar-refractivity contribution in [3.8, 4) is 11.4 Å². The maximum atomic E-state index is 6.13. The Morgan fingerprint density at radius 3 is 1.50 bits per heavy atom. The molecule has 0 saturated carbocycles. The van der Waals surface area contributed by atoms with Crippen molar-refractivity contribution in [3.63, 3.8) is 0 Å². The molecule has 0 unspecified atom stereocenters. The SMILES string of the molecule is c1ccc([Si](c2ccccc2)(c2ccccc2)c2ccc(COc3ccc(-n4cccn4)cc3)cc2)cc1. The molecule has 0 saturated heterocycles. The van der Waals surface area contributed by atoms with Gasteiger partial charge in [0.2, 0.25) is 0 Å². The highest BCUT2D eigenvalue weighted by Crippen LogP contribution is 2.17. The van der Waals surface area contributed by atoms with Gasteiger partial charge in [-0.1, -0.05) is 115 Å². The summed E-state index contributed by atoms with van der Waals surface area (Å²) in [5.74, 6) is 0.839. The van der Waals surface area contributed by atoms with E-state index in [0.717, 1.165) is 17.0 Å². The number of aromatic nitrogens is 2. The molecule has 3 nitrogen and oxygen atoms in total. The van der Waals surface area contributed by atoms with Crippen LogP contribution in [0.2, 0.25) is 0 Å². The Labute approximate surface area is 224 Å². The molecule has 1 heterocycles. The highest BCUT2D eigenvalue weighted by Gasteiger charge is 2.41. The standard InChI is InChI=1S/C34H28N2OSi/c1-4-11-31(12-5-1)38(32-13-6-2-7-14-32,33-15-8-3-9-16-33)34-23-17-28(18-24-34)27-37-30-21-19-29(20-22-30)36-26-10-25-35-36/h1-26H,27H2. The van der Waals surface area contributed by atoms with Gasteiger partial charge >= 0.3 is 0 Å². The fourth-order valence-electron chi connectivity index (χ4n) is 5.20. The Kier molecular flexibility index (Phi) is 6.71. The van der Waals surface area contributed by atoms with E-state index in [1.807, 2.05) is 41.2 Å². The fourth-order valence-corrected chi connectivity index (χ4v) is 9.94. The highest BCUT2D eigenvalue weighted by atomic mass is 28.3. The molecule has 0 amide bonds. The molecule has 0 aliphatic heterocycles. The minimum Gasteiger partial charge on any atom is -0.489 e. The first kappa shape index (κ1) is 23.7. The average molecular weight is 509 g/mol. The summed E-state index contributed by atoms with van der Waals surface area (Å²) in [6.07, 6.45) is 3.71. The third kappa shape index (κ3) is 4.58. The highest BCUT2D eigenvalue weighted by molar-refractivity contribution is 7.19. The van der Waals surface area contributed by atoms with Gasteiger partial charge < -0.3 is 4.74 Å². The molecule has 184 valence electrons. The molecule has 0 N–H and O–H groups in total. The first-order valence-corrected chi connectivity index (χ1v) is 14.8. The second-order valence-corrected chi connectivity index (χ2v) is 13.1. The zero-order chi connectivity index (χ0) is 25.6. The molecule has 0 radical (unpaired) electrons. The van der Waals surface area contributed by atoms with Gasteiger partial charge in [-0.3, -0.25) is 0 Å². The van der Waals surface area contributed by atoms with Crippen LogP contribution in [0.25, 0.3) is 5.69 Å². The first-order valence-electron chi connectivity index (χ1n) is 12.8. The molecule has 0 fully saturated rings. The Morgan fingerprint density at radius 1 is 0.526 bits per heavy atom. The average Bonchev–Trinajstić information content (AvgIpc) is 3.55. The van der Waals surface area contributed by atoms with Crippen LogP contribution in [0, 0.1) is 0 Å². The van der Waals surface area contributed by atoms with Crippen molar-refractivity contribution >= 4 is 28.8 Å². The molecule has 0 atom stereocenters. The number of hydrogen-bond donors (Lipinski definition) is 0. The third-order valence-electron chi connectivity index (χ3n) is 7.02. The molecule has 0 aliphatic carbocycles. The van der Waals surface area contributed by atoms with E-state index in [9.17, 15) is 0 Å². The van der Waals surface area contributed by atoms with Gasteiger partial charge in [0.1, 0.15) is 12.4 Å². The van der Waals surface area contributed by atoms with Gasteiger partial charge in [-0.15, -0.1) is 0 Å². The molecule has 6 aromatic rings. The normalized spacial score (nSPS) is 11.3. The third-order valence-corrected chi connectivity index (χ3v) is 11.8. The Morgan fingerprint density at radius 2 is 1.03 bits per heavy atom. The summed E-state index contributed by atoms with van der Waals surface area (Å²) in [7, 11) is -2.49. The molecule has 4 heteroatoms. The molecule has 0 aliphatic rings. The van der Waals surface area contributed by atoms with E-state index in [0.29, 0.717) is 6.61 Å². The van der Waals surface area contributed by atoms with Crippen LogP contribution >= 0.6 is 0 Å². The topological polar surface area (TPSA) is 27.1 Å². The van der Waals surface area contributed by atoms with E-state index in [2.05, 4.69) is 120 Å². The van der Waals surface area contributed by atoms with Crippen molar-refractivity contribution in [3.05, 3.63) is 164 Å². The summed E-state index contributed by atoms with van der Waals surface area (Å²) in [5.41, 5.74) is 2.15. The molecule has 38 heavy (non-hydrogen) atoms. The van der Waals surface area contributed by atoms with Crippen molar-refractivity contribution in [1.29, 1.82) is 0 Å². The van der Waals surface area contributed by atoms with Crippen LogP contribution in [-0.4, -0.2) is 17.9 Å². The van der Waals surface area contributed by atoms with Crippen LogP contribution in [0.5, 0.6) is 5.75 Å². The van der Waals surface area contributed by atoms with Crippen LogP contribution in [0.1, 0.15) is 5.56 Å². The Bertz CT molecular complexity index is 1470. The maximum absolute atomic E-state index is 6.13. The predicted molar refractivity (Wildman–Crippen MR) is 158 cm³/mol. The fraction of sp³-hybridized carbons (Fsp3) is 0.0294. The van der Waals surface area contributed by atoms with Gasteiger partial charge in [0.15, 0.2) is 8.07 Å². The van der Waals surface area contributed by atoms with Crippen LogP contribution in [0.4, 0.5) is 0 Å². The number of nitrogens with zero attached hydrogens (tertiary/aromatic N) is 2. The Hall–Kier alpha value is -4.67. The minimum absolute atomic E-state index is 0.512. The first-order chi connectivity index (χ1) is 18.8. The largest absolute Gasteiger partial charge is 0.489 e. The smallest absolute Gasteiger partial charge is 0.179 e. The van der Waals surface area contributed by atoms with E-state index in [4.69, 9.17) is 4.74 Å². The second kappa shape index (κ2) is 10.7. The van der Waals surface area contributed by atoms with E-state index >= 15 is 0 Å². The number of ether oxygens (including phenoxy) is 1. The quantitative estimate of drug-likeness (QED) is 0.218. The summed E-state index contributed by atoms with van der Waals surface area (Å²) < 4.78 is 7.96. The van der Waals surface area contributed by atoms with Crippen molar-refractivity contribution < 1.29 is 4.74 Å². The van der Waals surface area contributed by atoms with Crippen molar-refractivity contribution in [2.75, 3.05) is 0 Å². The number of rotatable bonds is 8. The summed E-state index contributed by atoms with van der Waals surface area (Å²) in [5, 5.41) is 9.76. The van der Waals surface area contributed by atoms with Gasteiger partial charge in [-0.2, -0.15) is 5.10 Å². The minimum atomic E-state index is -2.49. The van der Waals surface area contributed by atoms with Gasteiger partial charge in [0.25, 0.3) is 0 Å². The summed E-state index contributed by atoms with van der Waals surface area (Å²) in [6, 6.07) is 51.9. The molecule has 0 bridgehead atoms. The van der Waals surface area contributed by atoms with E-state index in [-0.39, 0.29) is 0 Å². The molecule has 6 rings (SSSR count). The summed E-state index contributed by atoms with van der Waals surface area (Å²) in [4.78, 5) is 0. The number of hydrogen-bond acceptors (Lipinski definition) is 2. The second-order valence-electron chi connectivity index (χ2n) is 9.28. The summed E-state index contributed by atoms with van der Waals surface area (Å²) >= 11 is 0. The lowest BCUT2D eigenvalue weighted by Crippen LogP contribution is -2.74. The zero-order valence-electron chi connectivity index (χ0n) is 21.0. The van der Waals surface area contributed by atoms with E-state index < -0.39 is 8.07 Å². The molecule has 1 aromatic heterocycles. The van der Waals surface area contributed by atoms with E-state index in [1.54, 1.807) is 6.20 Å². The lowest BCUT2D eigenvalue weighted by Gasteiger charge is -2.34. The van der Waals surface area contributed by atoms with Crippen LogP contribution in [-0.2, 0) is 6.61 Å². The van der Waals surface area contributed by atoms with Gasteiger partial charge in [0, 0.05) is 12.4 Å². The Balaban J connectivity index is 1.33. The molecule has 5 aromatic carbocycles. The molecular formula is C34H28N2OSi. The molecular weight excluding hydrogens is 480 g/mol. The lowest BCUT2D eigenvalue weighted by molar-refractivity contribution is 0.306. The summed E-state index contributed by atoms with van der Waals surface area (Å²) in [6.45, 7) is 0.512. The van der Waals surface area contributed by atoms with Crippen molar-refractivity contribution in [1.82, 2.24) is 9.78 Å².